The van der Waals surface area contributed by atoms with Gasteiger partial charge in [0.2, 0.25) is 5.95 Å². The second-order valence-electron chi connectivity index (χ2n) is 11.9. The molecular weight excluding hydrogens is 515 g/mol. The quantitative estimate of drug-likeness (QED) is 0.253. The predicted octanol–water partition coefficient (Wildman–Crippen LogP) is 7.96. The summed E-state index contributed by atoms with van der Waals surface area (Å²) in [4.78, 5) is 25.0. The largest absolute Gasteiger partial charge is 0.372 e. The van der Waals surface area contributed by atoms with Crippen LogP contribution in [0.4, 0.5) is 21.8 Å². The number of hydrogen-bond donors (Lipinski definition) is 3. The predicted molar refractivity (Wildman–Crippen MR) is 170 cm³/mol. The maximum atomic E-state index is 11.4. The van der Waals surface area contributed by atoms with Gasteiger partial charge in [0, 0.05) is 48.3 Å². The van der Waals surface area contributed by atoms with E-state index in [0.717, 1.165) is 83.9 Å². The number of nitrogens with one attached hydrogen (secondary N) is 3. The number of aromatic nitrogens is 4. The van der Waals surface area contributed by atoms with Crippen LogP contribution >= 0.6 is 0 Å². The van der Waals surface area contributed by atoms with E-state index in [-0.39, 0.29) is 5.54 Å². The lowest BCUT2D eigenvalue weighted by molar-refractivity contribution is 0.113. The third kappa shape index (κ3) is 7.05. The number of aromatic amines is 1. The summed E-state index contributed by atoms with van der Waals surface area (Å²) in [6, 6.07) is 4.40. The molecule has 0 bridgehead atoms. The van der Waals surface area contributed by atoms with E-state index in [0.29, 0.717) is 18.4 Å². The number of aliphatic imine (C=N–C) groups is 1. The molecule has 0 radical (unpaired) electrons. The molecule has 222 valence electrons. The zero-order chi connectivity index (χ0) is 29.7. The second kappa shape index (κ2) is 13.0. The minimum atomic E-state index is -0.616. The molecule has 2 fully saturated rings. The smallest absolute Gasteiger partial charge is 0.226 e. The van der Waals surface area contributed by atoms with Crippen LogP contribution in [0.3, 0.4) is 0 Å². The van der Waals surface area contributed by atoms with Crippen LogP contribution in [-0.2, 0) is 0 Å². The van der Waals surface area contributed by atoms with E-state index in [1.54, 1.807) is 6.92 Å². The van der Waals surface area contributed by atoms with Crippen molar-refractivity contribution in [3.63, 3.8) is 0 Å². The number of hydrogen-bond acceptors (Lipinski definition) is 7. The molecule has 3 N–H and O–H groups in total. The van der Waals surface area contributed by atoms with Gasteiger partial charge in [-0.05, 0) is 91.7 Å². The van der Waals surface area contributed by atoms with Crippen molar-refractivity contribution in [2.45, 2.75) is 104 Å². The maximum absolute atomic E-state index is 11.4. The average molecular weight is 563 g/mol. The molecule has 2 aliphatic rings. The summed E-state index contributed by atoms with van der Waals surface area (Å²) in [5.74, 6) is 1.45. The number of likely N-dealkylation sites (tertiary alicyclic amines) is 1. The van der Waals surface area contributed by atoms with Crippen LogP contribution in [0.25, 0.3) is 22.3 Å². The summed E-state index contributed by atoms with van der Waals surface area (Å²) in [5, 5.41) is 7.84. The summed E-state index contributed by atoms with van der Waals surface area (Å²) in [6.07, 6.45) is 8.87. The Morgan fingerprint density at radius 3 is 2.51 bits per heavy atom. The van der Waals surface area contributed by atoms with Crippen LogP contribution < -0.4 is 10.6 Å². The van der Waals surface area contributed by atoms with Crippen LogP contribution in [0.5, 0.6) is 0 Å². The van der Waals surface area contributed by atoms with Gasteiger partial charge in [0.25, 0.3) is 0 Å². The number of halogens is 1. The summed E-state index contributed by atoms with van der Waals surface area (Å²) in [6.45, 7) is 17.2. The number of anilines is 2. The molecular formula is C32H47FN8. The second-order valence-corrected chi connectivity index (χ2v) is 11.9. The van der Waals surface area contributed by atoms with E-state index < -0.39 is 6.17 Å². The van der Waals surface area contributed by atoms with Crippen LogP contribution in [-0.4, -0.2) is 61.9 Å². The Hall–Kier alpha value is -3.49. The highest BCUT2D eigenvalue weighted by Crippen LogP contribution is 2.40. The van der Waals surface area contributed by atoms with E-state index in [1.165, 1.54) is 12.1 Å². The number of pyridine rings is 1. The molecule has 4 heterocycles. The Morgan fingerprint density at radius 2 is 1.95 bits per heavy atom. The van der Waals surface area contributed by atoms with Gasteiger partial charge in [-0.2, -0.15) is 9.97 Å². The van der Waals surface area contributed by atoms with Crippen molar-refractivity contribution in [3.8, 4) is 11.3 Å². The Bertz CT molecular complexity index is 1380. The highest BCUT2D eigenvalue weighted by Gasteiger charge is 2.38. The van der Waals surface area contributed by atoms with E-state index >= 15 is 0 Å². The Morgan fingerprint density at radius 1 is 1.24 bits per heavy atom. The van der Waals surface area contributed by atoms with E-state index in [4.69, 9.17) is 15.0 Å². The van der Waals surface area contributed by atoms with E-state index in [2.05, 4.69) is 39.0 Å². The van der Waals surface area contributed by atoms with Crippen LogP contribution in [0.2, 0.25) is 0 Å². The van der Waals surface area contributed by atoms with Gasteiger partial charge < -0.3 is 20.5 Å². The minimum absolute atomic E-state index is 0.225. The molecule has 1 saturated heterocycles. The number of rotatable bonds is 7. The monoisotopic (exact) mass is 562 g/mol. The maximum Gasteiger partial charge on any atom is 0.226 e. The molecule has 5 rings (SSSR count). The van der Waals surface area contributed by atoms with Gasteiger partial charge in [-0.3, -0.25) is 9.98 Å². The van der Waals surface area contributed by atoms with Crippen molar-refractivity contribution in [2.24, 2.45) is 4.99 Å². The summed E-state index contributed by atoms with van der Waals surface area (Å²) in [7, 11) is 1.90. The Labute approximate surface area is 244 Å². The van der Waals surface area contributed by atoms with Crippen LogP contribution in [0.1, 0.15) is 85.3 Å². The van der Waals surface area contributed by atoms with Gasteiger partial charge in [-0.1, -0.05) is 13.5 Å². The Kier molecular flexibility index (Phi) is 9.66. The van der Waals surface area contributed by atoms with Crippen molar-refractivity contribution in [3.05, 3.63) is 36.3 Å². The van der Waals surface area contributed by atoms with Gasteiger partial charge in [0.1, 0.15) is 11.5 Å². The third-order valence-electron chi connectivity index (χ3n) is 8.29. The molecule has 1 aliphatic carbocycles. The van der Waals surface area contributed by atoms with Crippen molar-refractivity contribution in [2.75, 3.05) is 24.2 Å². The standard InChI is InChI=1S/C28H38N8.C4H9F/c1-17(2)31-22-9-10-23(32-19(22)4)21-16-30-26-24(21)25(29-6)34-27(35-26)33-20-11-13-28(5,14-12-20)36-15-7-8-18(36)3;1-3-4(2)5/h9-10,16,20H,3,7-8,11-15H2,1-2,4-6H3,(H3,29,30,33,34,35);4H,3H2,1-2H3. The van der Waals surface area contributed by atoms with Gasteiger partial charge >= 0.3 is 0 Å². The molecule has 1 saturated carbocycles. The molecule has 9 heteroatoms. The molecule has 41 heavy (non-hydrogen) atoms. The molecule has 8 nitrogen and oxygen atoms in total. The number of nitrogens with zero attached hydrogens (tertiary/aromatic N) is 5. The van der Waals surface area contributed by atoms with Crippen LogP contribution in [0, 0.1) is 6.92 Å². The molecule has 3 aromatic heterocycles. The molecule has 1 atom stereocenters. The highest BCUT2D eigenvalue weighted by molar-refractivity contribution is 6.01. The van der Waals surface area contributed by atoms with E-state index in [1.807, 2.05) is 53.1 Å². The van der Waals surface area contributed by atoms with Crippen molar-refractivity contribution in [1.29, 1.82) is 0 Å². The fourth-order valence-electron chi connectivity index (χ4n) is 5.77. The van der Waals surface area contributed by atoms with Crippen molar-refractivity contribution < 1.29 is 4.39 Å². The molecule has 3 aromatic rings. The average Bonchev–Trinajstić information content (AvgIpc) is 3.57. The van der Waals surface area contributed by atoms with Gasteiger partial charge in [0.05, 0.1) is 28.6 Å². The van der Waals surface area contributed by atoms with E-state index in [9.17, 15) is 4.39 Å². The summed E-state index contributed by atoms with van der Waals surface area (Å²) >= 11 is 0. The number of allylic oxidation sites excluding steroid dienone is 1. The van der Waals surface area contributed by atoms with Crippen molar-refractivity contribution >= 4 is 34.2 Å². The summed E-state index contributed by atoms with van der Waals surface area (Å²) in [5.41, 5.74) is 6.99. The normalized spacial score (nSPS) is 21.3. The SMILES string of the molecule is C=C1CCCN1C1(C)CCC(Nc2nc(NC)c3c(-c4ccc(N=C(C)C)c(C)n4)c[nH]c3n2)CC1.CCC(C)F. The molecule has 0 aromatic carbocycles. The number of alkyl halides is 1. The molecule has 1 unspecified atom stereocenters. The van der Waals surface area contributed by atoms with Crippen LogP contribution in [0.15, 0.2) is 35.6 Å². The molecule has 0 amide bonds. The molecule has 0 spiro atoms. The lowest BCUT2D eigenvalue weighted by atomic mass is 9.79. The summed E-state index contributed by atoms with van der Waals surface area (Å²) < 4.78 is 11.4. The first-order chi connectivity index (χ1) is 19.5. The fraction of sp³-hybridized carbons (Fsp3) is 0.562. The number of aryl methyl sites for hydroxylation is 1. The lowest BCUT2D eigenvalue weighted by Crippen LogP contribution is -2.48. The Balaban J connectivity index is 0.000000714. The zero-order valence-electron chi connectivity index (χ0n) is 25.9. The van der Waals surface area contributed by atoms with Gasteiger partial charge in [-0.15, -0.1) is 0 Å². The van der Waals surface area contributed by atoms with Crippen molar-refractivity contribution in [1.82, 2.24) is 24.8 Å². The van der Waals surface area contributed by atoms with Gasteiger partial charge in [0.15, 0.2) is 0 Å². The first-order valence-electron chi connectivity index (χ1n) is 15.0. The van der Waals surface area contributed by atoms with Gasteiger partial charge in [-0.25, -0.2) is 4.39 Å². The first-order valence-corrected chi connectivity index (χ1v) is 15.0. The first kappa shape index (κ1) is 30.5. The third-order valence-corrected chi connectivity index (χ3v) is 8.29. The lowest BCUT2D eigenvalue weighted by Gasteiger charge is -2.46. The number of H-pyrrole nitrogens is 1. The molecule has 1 aliphatic heterocycles. The number of fused-ring (bicyclic) bond motifs is 1. The minimum Gasteiger partial charge on any atom is -0.372 e. The zero-order valence-corrected chi connectivity index (χ0v) is 25.9. The fourth-order valence-corrected chi connectivity index (χ4v) is 5.77. The highest BCUT2D eigenvalue weighted by atomic mass is 19.1. The topological polar surface area (TPSA) is 94.1 Å².